The second-order valence-electron chi connectivity index (χ2n) is 7.64. The highest BCUT2D eigenvalue weighted by Gasteiger charge is 2.41. The number of imidazole rings is 1. The van der Waals surface area contributed by atoms with E-state index in [0.717, 1.165) is 31.5 Å². The number of aryl methyl sites for hydroxylation is 1. The maximum Gasteiger partial charge on any atom is 0.284 e. The molecule has 8 heteroatoms. The molecule has 134 valence electrons. The molecule has 0 aliphatic rings. The molecule has 0 aliphatic heterocycles. The molecule has 0 aliphatic carbocycles. The second-order valence-corrected chi connectivity index (χ2v) is 12.3. The van der Waals surface area contributed by atoms with Gasteiger partial charge >= 0.3 is 0 Å². The Hall–Kier alpha value is -1.67. The van der Waals surface area contributed by atoms with Crippen LogP contribution in [0.1, 0.15) is 45.9 Å². The molecule has 2 aromatic heterocycles. The van der Waals surface area contributed by atoms with Gasteiger partial charge in [0.05, 0.1) is 0 Å². The van der Waals surface area contributed by atoms with Crippen molar-refractivity contribution in [2.45, 2.75) is 64.6 Å². The molecule has 0 bridgehead atoms. The molecule has 0 amide bonds. The number of nitrogens with zero attached hydrogens (tertiary/aromatic N) is 4. The van der Waals surface area contributed by atoms with Crippen molar-refractivity contribution < 1.29 is 9.63 Å². The summed E-state index contributed by atoms with van der Waals surface area (Å²) < 4.78 is 8.23. The first-order chi connectivity index (χ1) is 11.2. The molecular formula is C16H29N5O2Si. The van der Waals surface area contributed by atoms with Gasteiger partial charge in [-0.05, 0) is 31.0 Å². The van der Waals surface area contributed by atoms with Gasteiger partial charge in [0, 0.05) is 13.0 Å². The molecule has 24 heavy (non-hydrogen) atoms. The van der Waals surface area contributed by atoms with Crippen LogP contribution in [0.3, 0.4) is 0 Å². The number of nitrogen functional groups attached to an aromatic ring is 1. The van der Waals surface area contributed by atoms with Crippen molar-refractivity contribution in [2.75, 3.05) is 12.3 Å². The van der Waals surface area contributed by atoms with Crippen LogP contribution in [0, 0.1) is 0 Å². The number of aliphatic hydroxyl groups excluding tert-OH is 1. The van der Waals surface area contributed by atoms with Gasteiger partial charge in [-0.15, -0.1) is 0 Å². The Morgan fingerprint density at radius 2 is 1.92 bits per heavy atom. The molecule has 3 N–H and O–H groups in total. The minimum absolute atomic E-state index is 0.0658. The lowest BCUT2D eigenvalue weighted by Gasteiger charge is -2.36. The van der Waals surface area contributed by atoms with E-state index in [9.17, 15) is 0 Å². The smallest absolute Gasteiger partial charge is 0.284 e. The fourth-order valence-electron chi connectivity index (χ4n) is 2.13. The number of nitrogens with two attached hydrogens (primary N) is 1. The van der Waals surface area contributed by atoms with Crippen molar-refractivity contribution in [1.82, 2.24) is 19.7 Å². The molecule has 0 unspecified atom stereocenters. The average Bonchev–Trinajstić information content (AvgIpc) is 2.82. The lowest BCUT2D eigenvalue weighted by molar-refractivity contribution is 0.246. The fraction of sp³-hybridized carbons (Fsp3) is 0.688. The fourth-order valence-corrected chi connectivity index (χ4v) is 3.05. The van der Waals surface area contributed by atoms with Gasteiger partial charge in [-0.25, -0.2) is 15.0 Å². The molecule has 0 spiro atoms. The zero-order chi connectivity index (χ0) is 18.0. The normalized spacial score (nSPS) is 12.8. The van der Waals surface area contributed by atoms with Crippen LogP contribution in [0.5, 0.6) is 0 Å². The number of aliphatic hydroxyl groups is 1. The van der Waals surface area contributed by atoms with Crippen LogP contribution < -0.4 is 10.3 Å². The first-order valence-electron chi connectivity index (χ1n) is 8.45. The maximum absolute atomic E-state index is 8.94. The SMILES string of the molecule is CC(C)(C)[Si](C)(C)On1c(CCCCCO)nc2c(N)ncnc21. The van der Waals surface area contributed by atoms with Gasteiger partial charge in [0.25, 0.3) is 8.32 Å². The zero-order valence-electron chi connectivity index (χ0n) is 15.3. The van der Waals surface area contributed by atoms with Crippen molar-refractivity contribution in [1.29, 1.82) is 0 Å². The summed E-state index contributed by atoms with van der Waals surface area (Å²) in [4.78, 5) is 13.0. The highest BCUT2D eigenvalue weighted by atomic mass is 28.4. The molecule has 0 saturated carbocycles. The van der Waals surface area contributed by atoms with Gasteiger partial charge in [0.1, 0.15) is 12.2 Å². The third kappa shape index (κ3) is 3.86. The third-order valence-corrected chi connectivity index (χ3v) is 8.93. The molecule has 0 saturated heterocycles. The van der Waals surface area contributed by atoms with Gasteiger partial charge in [0.2, 0.25) is 0 Å². The largest absolute Gasteiger partial charge is 0.467 e. The summed E-state index contributed by atoms with van der Waals surface area (Å²) in [7, 11) is -2.05. The standard InChI is InChI=1S/C16H29N5O2Si/c1-16(2,3)24(4,5)23-21-12(9-7-6-8-10-22)20-13-14(17)18-11-19-15(13)21/h11,22H,6-10H2,1-5H3,(H2,17,18,19). The minimum atomic E-state index is -2.05. The lowest BCUT2D eigenvalue weighted by atomic mass is 10.2. The molecule has 2 rings (SSSR count). The van der Waals surface area contributed by atoms with Crippen molar-refractivity contribution in [3.63, 3.8) is 0 Å². The number of hydrogen-bond acceptors (Lipinski definition) is 6. The molecular weight excluding hydrogens is 322 g/mol. The highest BCUT2D eigenvalue weighted by Crippen LogP contribution is 2.35. The Balaban J connectivity index is 2.39. The molecule has 2 heterocycles. The van der Waals surface area contributed by atoms with E-state index in [0.29, 0.717) is 17.0 Å². The Morgan fingerprint density at radius 1 is 1.21 bits per heavy atom. The zero-order valence-corrected chi connectivity index (χ0v) is 16.3. The summed E-state index contributed by atoms with van der Waals surface area (Å²) in [6.45, 7) is 11.2. The molecule has 0 aromatic carbocycles. The second kappa shape index (κ2) is 7.06. The van der Waals surface area contributed by atoms with Gasteiger partial charge in [-0.1, -0.05) is 27.2 Å². The first-order valence-corrected chi connectivity index (χ1v) is 11.4. The molecule has 0 fully saturated rings. The summed E-state index contributed by atoms with van der Waals surface area (Å²) >= 11 is 0. The molecule has 0 atom stereocenters. The van der Waals surface area contributed by atoms with Gasteiger partial charge in [-0.3, -0.25) is 0 Å². The van der Waals surface area contributed by atoms with E-state index in [1.807, 2.05) is 0 Å². The van der Waals surface area contributed by atoms with Crippen LogP contribution in [-0.2, 0) is 6.42 Å². The van der Waals surface area contributed by atoms with Crippen LogP contribution in [0.25, 0.3) is 11.2 Å². The van der Waals surface area contributed by atoms with E-state index in [4.69, 9.17) is 15.4 Å². The van der Waals surface area contributed by atoms with Gasteiger partial charge in [0.15, 0.2) is 17.0 Å². The lowest BCUT2D eigenvalue weighted by Crippen LogP contribution is -2.48. The predicted molar refractivity (Wildman–Crippen MR) is 98.2 cm³/mol. The Labute approximate surface area is 144 Å². The predicted octanol–water partition coefficient (Wildman–Crippen LogP) is 2.55. The van der Waals surface area contributed by atoms with Crippen LogP contribution in [-0.4, -0.2) is 39.7 Å². The Bertz CT molecular complexity index is 694. The minimum Gasteiger partial charge on any atom is -0.467 e. The third-order valence-electron chi connectivity index (χ3n) is 4.68. The summed E-state index contributed by atoms with van der Waals surface area (Å²) in [5, 5.41) is 9.00. The van der Waals surface area contributed by atoms with Crippen molar-refractivity contribution in [3.8, 4) is 0 Å². The number of rotatable bonds is 7. The van der Waals surface area contributed by atoms with Gasteiger partial charge in [-0.2, -0.15) is 4.73 Å². The van der Waals surface area contributed by atoms with Crippen molar-refractivity contribution in [2.24, 2.45) is 0 Å². The van der Waals surface area contributed by atoms with Crippen LogP contribution in [0.15, 0.2) is 6.33 Å². The molecule has 7 nitrogen and oxygen atoms in total. The van der Waals surface area contributed by atoms with Crippen LogP contribution in [0.2, 0.25) is 18.1 Å². The van der Waals surface area contributed by atoms with Crippen molar-refractivity contribution >= 4 is 25.3 Å². The first kappa shape index (κ1) is 18.7. The van der Waals surface area contributed by atoms with E-state index in [-0.39, 0.29) is 11.6 Å². The average molecular weight is 352 g/mol. The van der Waals surface area contributed by atoms with Crippen LogP contribution >= 0.6 is 0 Å². The monoisotopic (exact) mass is 351 g/mol. The summed E-state index contributed by atoms with van der Waals surface area (Å²) in [6, 6.07) is 0. The van der Waals surface area contributed by atoms with Crippen molar-refractivity contribution in [3.05, 3.63) is 12.2 Å². The van der Waals surface area contributed by atoms with E-state index >= 15 is 0 Å². The van der Waals surface area contributed by atoms with Crippen LogP contribution in [0.4, 0.5) is 5.82 Å². The number of fused-ring (bicyclic) bond motifs is 1. The van der Waals surface area contributed by atoms with E-state index in [1.54, 1.807) is 4.73 Å². The maximum atomic E-state index is 8.94. The number of anilines is 1. The molecule has 2 aromatic rings. The summed E-state index contributed by atoms with van der Waals surface area (Å²) in [5.41, 5.74) is 7.18. The van der Waals surface area contributed by atoms with E-state index in [1.165, 1.54) is 6.33 Å². The highest BCUT2D eigenvalue weighted by molar-refractivity contribution is 6.74. The number of aromatic nitrogens is 4. The van der Waals surface area contributed by atoms with Gasteiger partial charge < -0.3 is 15.4 Å². The Kier molecular flexibility index (Phi) is 5.49. The topological polar surface area (TPSA) is 99.1 Å². The van der Waals surface area contributed by atoms with E-state index < -0.39 is 8.32 Å². The summed E-state index contributed by atoms with van der Waals surface area (Å²) in [5.74, 6) is 1.19. The quantitative estimate of drug-likeness (QED) is 0.587. The number of hydrogen-bond donors (Lipinski definition) is 2. The summed E-state index contributed by atoms with van der Waals surface area (Å²) in [6.07, 6.45) is 4.87. The molecule has 0 radical (unpaired) electrons. The number of unbranched alkanes of at least 4 members (excludes halogenated alkanes) is 2. The Morgan fingerprint density at radius 3 is 2.54 bits per heavy atom. The van der Waals surface area contributed by atoms with E-state index in [2.05, 4.69) is 48.8 Å².